The average molecular weight is 489 g/mol. The monoisotopic (exact) mass is 488 g/mol. The number of thiocarbonyl (C=S) groups is 1. The van der Waals surface area contributed by atoms with Crippen molar-refractivity contribution >= 4 is 46.6 Å². The van der Waals surface area contributed by atoms with Crippen molar-refractivity contribution in [1.82, 2.24) is 10.2 Å². The Kier molecular flexibility index (Phi) is 8.35. The molecule has 1 N–H and O–H groups in total. The van der Waals surface area contributed by atoms with Gasteiger partial charge in [0.2, 0.25) is 5.91 Å². The molecule has 8 heteroatoms. The molecule has 0 aromatic heterocycles. The number of nitrogens with one attached hydrogen (secondary N) is 1. The number of allylic oxidation sites excluding steroid dienone is 1. The summed E-state index contributed by atoms with van der Waals surface area (Å²) in [5.41, 5.74) is 3.81. The fourth-order valence-electron chi connectivity index (χ4n) is 4.86. The van der Waals surface area contributed by atoms with Gasteiger partial charge in [-0.15, -0.1) is 11.8 Å². The van der Waals surface area contributed by atoms with Gasteiger partial charge < -0.3 is 19.7 Å². The van der Waals surface area contributed by atoms with Gasteiger partial charge in [-0.3, -0.25) is 9.59 Å². The summed E-state index contributed by atoms with van der Waals surface area (Å²) < 4.78 is 11.6. The van der Waals surface area contributed by atoms with Gasteiger partial charge >= 0.3 is 0 Å². The lowest BCUT2D eigenvalue weighted by Crippen LogP contribution is -2.54. The van der Waals surface area contributed by atoms with Crippen LogP contribution in [0.4, 0.5) is 0 Å². The SMILES string of the molecule is CCOC(OCC)[C@@H]1CSCN1C(=O)[C@H]1NCC(=S)C1C(=O)CCC1=Cc2ccccc2C1. The number of Topliss-reactive ketones (excluding diaryl/α,β-unsaturated/α-hetero) is 1. The zero-order valence-corrected chi connectivity index (χ0v) is 20.9. The van der Waals surface area contributed by atoms with E-state index in [0.717, 1.165) is 12.2 Å². The molecule has 1 aromatic carbocycles. The van der Waals surface area contributed by atoms with E-state index in [9.17, 15) is 9.59 Å². The van der Waals surface area contributed by atoms with Crippen LogP contribution in [0.1, 0.15) is 37.8 Å². The third kappa shape index (κ3) is 5.41. The number of thioether (sulfide) groups is 1. The summed E-state index contributed by atoms with van der Waals surface area (Å²) in [6.45, 7) is 5.29. The van der Waals surface area contributed by atoms with E-state index in [4.69, 9.17) is 21.7 Å². The van der Waals surface area contributed by atoms with Crippen molar-refractivity contribution in [2.24, 2.45) is 5.92 Å². The van der Waals surface area contributed by atoms with Gasteiger partial charge in [0.1, 0.15) is 11.8 Å². The second-order valence-corrected chi connectivity index (χ2v) is 10.1. The predicted octanol–water partition coefficient (Wildman–Crippen LogP) is 3.23. The van der Waals surface area contributed by atoms with Crippen LogP contribution in [0, 0.1) is 5.92 Å². The molecule has 1 unspecified atom stereocenters. The molecule has 2 saturated heterocycles. The normalized spacial score (nSPS) is 24.5. The highest BCUT2D eigenvalue weighted by Gasteiger charge is 2.46. The quantitative estimate of drug-likeness (QED) is 0.401. The van der Waals surface area contributed by atoms with E-state index in [1.807, 2.05) is 30.9 Å². The summed E-state index contributed by atoms with van der Waals surface area (Å²) in [7, 11) is 0. The van der Waals surface area contributed by atoms with Gasteiger partial charge in [0.25, 0.3) is 0 Å². The van der Waals surface area contributed by atoms with E-state index < -0.39 is 18.2 Å². The molecule has 0 radical (unpaired) electrons. The zero-order chi connectivity index (χ0) is 23.4. The second-order valence-electron chi connectivity index (χ2n) is 8.60. The minimum Gasteiger partial charge on any atom is -0.351 e. The van der Waals surface area contributed by atoms with Gasteiger partial charge in [-0.05, 0) is 37.8 Å². The first kappa shape index (κ1) is 24.5. The van der Waals surface area contributed by atoms with Gasteiger partial charge in [0.15, 0.2) is 6.29 Å². The second kappa shape index (κ2) is 11.2. The van der Waals surface area contributed by atoms with Crippen LogP contribution in [0.25, 0.3) is 6.08 Å². The Hall–Kier alpha value is -1.58. The molecule has 1 aromatic rings. The van der Waals surface area contributed by atoms with E-state index in [1.54, 1.807) is 11.8 Å². The molecule has 178 valence electrons. The number of ketones is 1. The standard InChI is InChI=1S/C25H32N2O4S2/c1-3-30-25(31-4-2)19-14-33-15-27(19)24(29)23-22(21(32)13-26-23)20(28)10-9-16-11-17-7-5-6-8-18(17)12-16/h5-8,11,19,22-23,25-26H,3-4,9-10,12-15H2,1-2H3/t19-,22?,23-/m0/s1. The first-order valence-corrected chi connectivity index (χ1v) is 13.3. The lowest BCUT2D eigenvalue weighted by atomic mass is 9.90. The van der Waals surface area contributed by atoms with E-state index in [2.05, 4.69) is 23.5 Å². The molecule has 2 fully saturated rings. The molecule has 3 aliphatic rings. The van der Waals surface area contributed by atoms with Gasteiger partial charge in [-0.1, -0.05) is 48.1 Å². The van der Waals surface area contributed by atoms with Crippen LogP contribution in [0.15, 0.2) is 29.8 Å². The molecule has 0 saturated carbocycles. The van der Waals surface area contributed by atoms with E-state index in [1.165, 1.54) is 16.7 Å². The van der Waals surface area contributed by atoms with Crippen molar-refractivity contribution in [2.75, 3.05) is 31.4 Å². The van der Waals surface area contributed by atoms with Crippen molar-refractivity contribution in [3.05, 3.63) is 41.0 Å². The van der Waals surface area contributed by atoms with Crippen LogP contribution < -0.4 is 5.32 Å². The van der Waals surface area contributed by atoms with Crippen molar-refractivity contribution in [2.45, 2.75) is 51.5 Å². The fourth-order valence-corrected chi connectivity index (χ4v) is 6.41. The van der Waals surface area contributed by atoms with Crippen molar-refractivity contribution in [1.29, 1.82) is 0 Å². The number of benzene rings is 1. The van der Waals surface area contributed by atoms with Crippen LogP contribution in [-0.4, -0.2) is 71.2 Å². The number of amides is 1. The van der Waals surface area contributed by atoms with E-state index in [-0.39, 0.29) is 17.7 Å². The highest BCUT2D eigenvalue weighted by molar-refractivity contribution is 7.99. The summed E-state index contributed by atoms with van der Waals surface area (Å²) in [4.78, 5) is 29.3. The number of carbonyl (C=O) groups is 2. The number of hydrogen-bond acceptors (Lipinski definition) is 7. The summed E-state index contributed by atoms with van der Waals surface area (Å²) in [6.07, 6.45) is 3.71. The first-order chi connectivity index (χ1) is 16.0. The van der Waals surface area contributed by atoms with E-state index in [0.29, 0.717) is 43.3 Å². The maximum Gasteiger partial charge on any atom is 0.241 e. The average Bonchev–Trinajstić information content (AvgIpc) is 3.54. The molecule has 33 heavy (non-hydrogen) atoms. The minimum absolute atomic E-state index is 0.0507. The molecule has 4 rings (SSSR count). The third-order valence-corrected chi connectivity index (χ3v) is 7.93. The minimum atomic E-state index is -0.607. The molecule has 0 spiro atoms. The molecule has 1 aliphatic carbocycles. The predicted molar refractivity (Wildman–Crippen MR) is 135 cm³/mol. The number of fused-ring (bicyclic) bond motifs is 1. The Morgan fingerprint density at radius 2 is 2.00 bits per heavy atom. The van der Waals surface area contributed by atoms with Gasteiger partial charge in [0, 0.05) is 36.8 Å². The number of nitrogens with zero attached hydrogens (tertiary/aromatic N) is 1. The van der Waals surface area contributed by atoms with Crippen molar-refractivity contribution in [3.63, 3.8) is 0 Å². The topological polar surface area (TPSA) is 67.9 Å². The largest absolute Gasteiger partial charge is 0.351 e. The fraction of sp³-hybridized carbons (Fsp3) is 0.560. The van der Waals surface area contributed by atoms with Crippen LogP contribution in [0.5, 0.6) is 0 Å². The molecule has 3 atom stereocenters. The number of hydrogen-bond donors (Lipinski definition) is 1. The van der Waals surface area contributed by atoms with Gasteiger partial charge in [-0.2, -0.15) is 0 Å². The molecule has 2 aliphatic heterocycles. The molecule has 6 nitrogen and oxygen atoms in total. The summed E-state index contributed by atoms with van der Waals surface area (Å²) in [6, 6.07) is 7.55. The lowest BCUT2D eigenvalue weighted by molar-refractivity contribution is -0.174. The zero-order valence-electron chi connectivity index (χ0n) is 19.2. The Morgan fingerprint density at radius 3 is 2.73 bits per heavy atom. The summed E-state index contributed by atoms with van der Waals surface area (Å²) in [5.74, 6) is 0.730. The maximum absolute atomic E-state index is 13.6. The Labute approximate surface area is 205 Å². The smallest absolute Gasteiger partial charge is 0.241 e. The Bertz CT molecular complexity index is 929. The van der Waals surface area contributed by atoms with Gasteiger partial charge in [0.05, 0.1) is 17.8 Å². The van der Waals surface area contributed by atoms with Crippen LogP contribution >= 0.6 is 24.0 Å². The van der Waals surface area contributed by atoms with Crippen molar-refractivity contribution < 1.29 is 19.1 Å². The molecular formula is C25H32N2O4S2. The molecular weight excluding hydrogens is 456 g/mol. The Morgan fingerprint density at radius 1 is 1.24 bits per heavy atom. The number of carbonyl (C=O) groups excluding carboxylic acids is 2. The lowest BCUT2D eigenvalue weighted by Gasteiger charge is -2.32. The summed E-state index contributed by atoms with van der Waals surface area (Å²) >= 11 is 7.22. The van der Waals surface area contributed by atoms with Crippen LogP contribution in [0.2, 0.25) is 0 Å². The maximum atomic E-state index is 13.6. The van der Waals surface area contributed by atoms with Crippen LogP contribution in [0.3, 0.4) is 0 Å². The van der Waals surface area contributed by atoms with Crippen LogP contribution in [-0.2, 0) is 25.5 Å². The van der Waals surface area contributed by atoms with Gasteiger partial charge in [-0.25, -0.2) is 0 Å². The molecule has 0 bridgehead atoms. The first-order valence-electron chi connectivity index (χ1n) is 11.7. The molecule has 1 amide bonds. The number of ether oxygens (including phenoxy) is 2. The summed E-state index contributed by atoms with van der Waals surface area (Å²) in [5, 5.41) is 3.22. The third-order valence-electron chi connectivity index (χ3n) is 6.49. The Balaban J connectivity index is 1.40. The van der Waals surface area contributed by atoms with E-state index >= 15 is 0 Å². The van der Waals surface area contributed by atoms with Crippen molar-refractivity contribution in [3.8, 4) is 0 Å². The number of rotatable bonds is 10. The molecule has 2 heterocycles. The highest BCUT2D eigenvalue weighted by atomic mass is 32.2. The highest BCUT2D eigenvalue weighted by Crippen LogP contribution is 2.31.